The van der Waals surface area contributed by atoms with Crippen molar-refractivity contribution in [3.05, 3.63) is 63.1 Å². The van der Waals surface area contributed by atoms with E-state index in [-0.39, 0.29) is 5.91 Å². The van der Waals surface area contributed by atoms with Crippen LogP contribution in [0.15, 0.2) is 36.4 Å². The predicted molar refractivity (Wildman–Crippen MR) is 107 cm³/mol. The molecular weight excluding hydrogens is 377 g/mol. The van der Waals surface area contributed by atoms with Gasteiger partial charge in [-0.1, -0.05) is 41.4 Å². The molecule has 0 aromatic heterocycles. The van der Waals surface area contributed by atoms with Crippen LogP contribution in [0.2, 0.25) is 10.0 Å². The molecule has 25 heavy (non-hydrogen) atoms. The summed E-state index contributed by atoms with van der Waals surface area (Å²) in [6, 6.07) is 11.4. The summed E-state index contributed by atoms with van der Waals surface area (Å²) in [5.74, 6) is 1.89. The van der Waals surface area contributed by atoms with Gasteiger partial charge in [0.05, 0.1) is 12.3 Å². The first-order valence-corrected chi connectivity index (χ1v) is 9.86. The van der Waals surface area contributed by atoms with Crippen molar-refractivity contribution in [1.29, 1.82) is 0 Å². The van der Waals surface area contributed by atoms with Crippen LogP contribution >= 0.6 is 35.0 Å². The molecule has 0 unspecified atom stereocenters. The number of carbonyl (C=O) groups excluding carboxylic acids is 1. The summed E-state index contributed by atoms with van der Waals surface area (Å²) in [4.78, 5) is 11.9. The number of benzene rings is 2. The molecule has 0 aliphatic rings. The lowest BCUT2D eigenvalue weighted by molar-refractivity contribution is -0.118. The van der Waals surface area contributed by atoms with Crippen LogP contribution in [0, 0.1) is 13.8 Å². The Morgan fingerprint density at radius 2 is 2.00 bits per heavy atom. The molecule has 0 bridgehead atoms. The standard InChI is InChI=1S/C19H21Cl2NO2S/c1-13-4-3-5-18(14(13)2)24-9-8-22-19(23)12-25-11-15-6-7-16(20)10-17(15)21/h3-7,10H,8-9,11-12H2,1-2H3,(H,22,23). The van der Waals surface area contributed by atoms with Crippen LogP contribution in [0.4, 0.5) is 0 Å². The van der Waals surface area contributed by atoms with E-state index in [9.17, 15) is 4.79 Å². The molecule has 0 saturated heterocycles. The zero-order valence-corrected chi connectivity index (χ0v) is 16.6. The maximum atomic E-state index is 11.9. The van der Waals surface area contributed by atoms with Crippen LogP contribution in [-0.4, -0.2) is 24.8 Å². The second kappa shape index (κ2) is 9.95. The van der Waals surface area contributed by atoms with E-state index in [1.54, 1.807) is 12.1 Å². The van der Waals surface area contributed by atoms with E-state index in [2.05, 4.69) is 5.32 Å². The number of amides is 1. The van der Waals surface area contributed by atoms with Gasteiger partial charge in [-0.15, -0.1) is 11.8 Å². The van der Waals surface area contributed by atoms with Crippen molar-refractivity contribution >= 4 is 40.9 Å². The van der Waals surface area contributed by atoms with Crippen molar-refractivity contribution in [2.24, 2.45) is 0 Å². The second-order valence-corrected chi connectivity index (χ2v) is 7.45. The van der Waals surface area contributed by atoms with Gasteiger partial charge in [0.25, 0.3) is 0 Å². The molecule has 134 valence electrons. The van der Waals surface area contributed by atoms with Gasteiger partial charge in [0.2, 0.25) is 5.91 Å². The third-order valence-corrected chi connectivity index (χ3v) is 5.31. The highest BCUT2D eigenvalue weighted by Gasteiger charge is 2.06. The van der Waals surface area contributed by atoms with Gasteiger partial charge >= 0.3 is 0 Å². The Balaban J connectivity index is 1.65. The summed E-state index contributed by atoms with van der Waals surface area (Å²) < 4.78 is 5.72. The third kappa shape index (κ3) is 6.46. The molecule has 0 aliphatic carbocycles. The first-order chi connectivity index (χ1) is 12.0. The maximum Gasteiger partial charge on any atom is 0.230 e. The average molecular weight is 398 g/mol. The minimum atomic E-state index is -0.0142. The van der Waals surface area contributed by atoms with E-state index in [1.807, 2.05) is 38.1 Å². The monoisotopic (exact) mass is 397 g/mol. The van der Waals surface area contributed by atoms with Crippen LogP contribution in [0.5, 0.6) is 5.75 Å². The Hall–Kier alpha value is -1.36. The first-order valence-electron chi connectivity index (χ1n) is 7.94. The van der Waals surface area contributed by atoms with Gasteiger partial charge in [0.1, 0.15) is 12.4 Å². The Labute approximate surface area is 163 Å². The lowest BCUT2D eigenvalue weighted by Crippen LogP contribution is -2.29. The van der Waals surface area contributed by atoms with Crippen molar-refractivity contribution in [2.75, 3.05) is 18.9 Å². The Morgan fingerprint density at radius 3 is 2.76 bits per heavy atom. The number of aryl methyl sites for hydroxylation is 1. The minimum absolute atomic E-state index is 0.0142. The number of halogens is 2. The number of carbonyl (C=O) groups is 1. The number of thioether (sulfide) groups is 1. The molecule has 0 aliphatic heterocycles. The first kappa shape index (κ1) is 20.0. The summed E-state index contributed by atoms with van der Waals surface area (Å²) in [5, 5.41) is 4.10. The summed E-state index contributed by atoms with van der Waals surface area (Å²) in [7, 11) is 0. The van der Waals surface area contributed by atoms with Crippen molar-refractivity contribution < 1.29 is 9.53 Å². The third-order valence-electron chi connectivity index (χ3n) is 3.74. The lowest BCUT2D eigenvalue weighted by Gasteiger charge is -2.11. The number of ether oxygens (including phenoxy) is 1. The normalized spacial score (nSPS) is 10.6. The molecule has 1 amide bonds. The van der Waals surface area contributed by atoms with E-state index in [4.69, 9.17) is 27.9 Å². The van der Waals surface area contributed by atoms with Crippen LogP contribution in [0.3, 0.4) is 0 Å². The summed E-state index contributed by atoms with van der Waals surface area (Å²) in [6.07, 6.45) is 0. The topological polar surface area (TPSA) is 38.3 Å². The fourth-order valence-corrected chi connectivity index (χ4v) is 3.59. The second-order valence-electron chi connectivity index (χ2n) is 5.62. The lowest BCUT2D eigenvalue weighted by atomic mass is 10.1. The van der Waals surface area contributed by atoms with Crippen molar-refractivity contribution in [2.45, 2.75) is 19.6 Å². The zero-order chi connectivity index (χ0) is 18.2. The molecule has 1 N–H and O–H groups in total. The molecule has 0 spiro atoms. The summed E-state index contributed by atoms with van der Waals surface area (Å²) in [5.41, 5.74) is 3.30. The molecule has 3 nitrogen and oxygen atoms in total. The van der Waals surface area contributed by atoms with Gasteiger partial charge in [-0.05, 0) is 48.7 Å². The average Bonchev–Trinajstić information content (AvgIpc) is 2.57. The number of nitrogens with one attached hydrogen (secondary N) is 1. The fourth-order valence-electron chi connectivity index (χ4n) is 2.18. The van der Waals surface area contributed by atoms with Gasteiger partial charge in [-0.3, -0.25) is 4.79 Å². The summed E-state index contributed by atoms with van der Waals surface area (Å²) >= 11 is 13.5. The number of hydrogen-bond acceptors (Lipinski definition) is 3. The smallest absolute Gasteiger partial charge is 0.230 e. The molecule has 2 aromatic carbocycles. The molecular formula is C19H21Cl2NO2S. The summed E-state index contributed by atoms with van der Waals surface area (Å²) in [6.45, 7) is 5.01. The van der Waals surface area contributed by atoms with Gasteiger partial charge in [0, 0.05) is 15.8 Å². The fraction of sp³-hybridized carbons (Fsp3) is 0.316. The molecule has 2 rings (SSSR count). The van der Waals surface area contributed by atoms with Gasteiger partial charge in [-0.25, -0.2) is 0 Å². The quantitative estimate of drug-likeness (QED) is 0.634. The minimum Gasteiger partial charge on any atom is -0.491 e. The predicted octanol–water partition coefficient (Wildman–Crippen LogP) is 5.04. The van der Waals surface area contributed by atoms with E-state index in [0.717, 1.165) is 16.9 Å². The molecule has 2 aromatic rings. The molecule has 6 heteroatoms. The molecule has 0 radical (unpaired) electrons. The highest BCUT2D eigenvalue weighted by atomic mass is 35.5. The Kier molecular flexibility index (Phi) is 7.94. The van der Waals surface area contributed by atoms with E-state index in [0.29, 0.717) is 34.7 Å². The largest absolute Gasteiger partial charge is 0.491 e. The van der Waals surface area contributed by atoms with E-state index < -0.39 is 0 Å². The molecule has 0 heterocycles. The van der Waals surface area contributed by atoms with Gasteiger partial charge < -0.3 is 10.1 Å². The van der Waals surface area contributed by atoms with E-state index in [1.165, 1.54) is 17.3 Å². The number of hydrogen-bond donors (Lipinski definition) is 1. The highest BCUT2D eigenvalue weighted by molar-refractivity contribution is 7.99. The van der Waals surface area contributed by atoms with Gasteiger partial charge in [-0.2, -0.15) is 0 Å². The van der Waals surface area contributed by atoms with Crippen molar-refractivity contribution in [3.63, 3.8) is 0 Å². The highest BCUT2D eigenvalue weighted by Crippen LogP contribution is 2.24. The molecule has 0 atom stereocenters. The van der Waals surface area contributed by atoms with Crippen LogP contribution in [0.1, 0.15) is 16.7 Å². The van der Waals surface area contributed by atoms with E-state index >= 15 is 0 Å². The Morgan fingerprint density at radius 1 is 1.20 bits per heavy atom. The molecule has 0 saturated carbocycles. The van der Waals surface area contributed by atoms with Crippen LogP contribution < -0.4 is 10.1 Å². The number of rotatable bonds is 8. The van der Waals surface area contributed by atoms with Crippen molar-refractivity contribution in [1.82, 2.24) is 5.32 Å². The van der Waals surface area contributed by atoms with Crippen LogP contribution in [-0.2, 0) is 10.5 Å². The van der Waals surface area contributed by atoms with Crippen molar-refractivity contribution in [3.8, 4) is 5.75 Å². The van der Waals surface area contributed by atoms with Gasteiger partial charge in [0.15, 0.2) is 0 Å². The van der Waals surface area contributed by atoms with Crippen LogP contribution in [0.25, 0.3) is 0 Å². The SMILES string of the molecule is Cc1cccc(OCCNC(=O)CSCc2ccc(Cl)cc2Cl)c1C. The maximum absolute atomic E-state index is 11.9. The zero-order valence-electron chi connectivity index (χ0n) is 14.3. The molecule has 0 fully saturated rings. The Bertz CT molecular complexity index is 737.